The van der Waals surface area contributed by atoms with Gasteiger partial charge >= 0.3 is 0 Å². The van der Waals surface area contributed by atoms with Crippen LogP contribution in [-0.2, 0) is 6.42 Å². The van der Waals surface area contributed by atoms with Gasteiger partial charge in [0.1, 0.15) is 0 Å². The molecule has 2 saturated carbocycles. The topological polar surface area (TPSA) is 12.0 Å². The fourth-order valence-corrected chi connectivity index (χ4v) is 4.12. The molecule has 3 rings (SSSR count). The maximum absolute atomic E-state index is 3.74. The molecule has 20 heavy (non-hydrogen) atoms. The fourth-order valence-electron chi connectivity index (χ4n) is 4.12. The number of aryl methyl sites for hydroxylation is 1. The molecule has 0 amide bonds. The van der Waals surface area contributed by atoms with E-state index in [1.54, 1.807) is 0 Å². The highest BCUT2D eigenvalue weighted by atomic mass is 14.9. The highest BCUT2D eigenvalue weighted by molar-refractivity contribution is 5.23. The minimum Gasteiger partial charge on any atom is -0.316 e. The summed E-state index contributed by atoms with van der Waals surface area (Å²) in [6.45, 7) is 9.14. The molecule has 1 aromatic carbocycles. The molecular weight excluding hydrogens is 242 g/mol. The largest absolute Gasteiger partial charge is 0.316 e. The molecule has 1 nitrogen and oxygen atoms in total. The number of hydrogen-bond donors (Lipinski definition) is 1. The Morgan fingerprint density at radius 1 is 1.15 bits per heavy atom. The van der Waals surface area contributed by atoms with E-state index in [1.807, 2.05) is 0 Å². The van der Waals surface area contributed by atoms with E-state index in [-0.39, 0.29) is 0 Å². The fraction of sp³-hybridized carbons (Fsp3) is 0.684. The Bertz CT molecular complexity index is 435. The van der Waals surface area contributed by atoms with Crippen LogP contribution in [0.4, 0.5) is 0 Å². The van der Waals surface area contributed by atoms with Crippen LogP contribution < -0.4 is 5.32 Å². The lowest BCUT2D eigenvalue weighted by atomic mass is 9.77. The molecular formula is C19H29N. The van der Waals surface area contributed by atoms with Crippen molar-refractivity contribution < 1.29 is 0 Å². The Kier molecular flexibility index (Phi) is 3.90. The third-order valence-corrected chi connectivity index (χ3v) is 5.21. The van der Waals surface area contributed by atoms with Gasteiger partial charge in [-0.2, -0.15) is 0 Å². The predicted molar refractivity (Wildman–Crippen MR) is 85.9 cm³/mol. The molecule has 0 saturated heterocycles. The van der Waals surface area contributed by atoms with Crippen molar-refractivity contribution >= 4 is 0 Å². The van der Waals surface area contributed by atoms with Gasteiger partial charge < -0.3 is 5.32 Å². The molecule has 0 radical (unpaired) electrons. The molecule has 0 spiro atoms. The summed E-state index contributed by atoms with van der Waals surface area (Å²) in [4.78, 5) is 0. The molecule has 2 unspecified atom stereocenters. The normalized spacial score (nSPS) is 31.6. The zero-order chi connectivity index (χ0) is 14.2. The molecule has 0 aliphatic heterocycles. The zero-order valence-electron chi connectivity index (χ0n) is 13.3. The molecule has 2 aliphatic rings. The van der Waals surface area contributed by atoms with Gasteiger partial charge in [0.05, 0.1) is 0 Å². The van der Waals surface area contributed by atoms with Crippen molar-refractivity contribution in [3.05, 3.63) is 35.4 Å². The van der Waals surface area contributed by atoms with E-state index < -0.39 is 0 Å². The summed E-state index contributed by atoms with van der Waals surface area (Å²) >= 11 is 0. The maximum atomic E-state index is 3.74. The molecule has 0 aromatic heterocycles. The molecule has 0 bridgehead atoms. The summed E-state index contributed by atoms with van der Waals surface area (Å²) in [7, 11) is 0. The van der Waals surface area contributed by atoms with Gasteiger partial charge in [-0.05, 0) is 67.9 Å². The van der Waals surface area contributed by atoms with E-state index in [0.717, 1.165) is 24.3 Å². The first kappa shape index (κ1) is 14.1. The second-order valence-electron chi connectivity index (χ2n) is 7.85. The number of nitrogens with one attached hydrogen (secondary N) is 1. The van der Waals surface area contributed by atoms with E-state index in [9.17, 15) is 0 Å². The SMILES string of the molecule is Cc1ccc(CC2(CNCC(C)C)CC3CC3C2)cc1. The number of rotatable bonds is 6. The lowest BCUT2D eigenvalue weighted by Gasteiger charge is -2.32. The molecule has 1 heteroatoms. The van der Waals surface area contributed by atoms with E-state index in [4.69, 9.17) is 0 Å². The number of fused-ring (bicyclic) bond motifs is 1. The first-order chi connectivity index (χ1) is 9.56. The Hall–Kier alpha value is -0.820. The van der Waals surface area contributed by atoms with Crippen molar-refractivity contribution in [1.82, 2.24) is 5.32 Å². The summed E-state index contributed by atoms with van der Waals surface area (Å²) in [5, 5.41) is 3.74. The number of hydrogen-bond acceptors (Lipinski definition) is 1. The first-order valence-electron chi connectivity index (χ1n) is 8.33. The van der Waals surface area contributed by atoms with Crippen molar-refractivity contribution in [2.75, 3.05) is 13.1 Å². The predicted octanol–water partition coefficient (Wildman–Crippen LogP) is 4.20. The van der Waals surface area contributed by atoms with Gasteiger partial charge in [-0.15, -0.1) is 0 Å². The summed E-state index contributed by atoms with van der Waals surface area (Å²) in [5.41, 5.74) is 3.44. The highest BCUT2D eigenvalue weighted by Gasteiger charge is 2.53. The quantitative estimate of drug-likeness (QED) is 0.817. The van der Waals surface area contributed by atoms with Gasteiger partial charge in [-0.25, -0.2) is 0 Å². The van der Waals surface area contributed by atoms with E-state index in [0.29, 0.717) is 5.41 Å². The molecule has 2 fully saturated rings. The summed E-state index contributed by atoms with van der Waals surface area (Å²) in [6, 6.07) is 9.20. The molecule has 2 atom stereocenters. The van der Waals surface area contributed by atoms with Gasteiger partial charge in [0, 0.05) is 6.54 Å². The molecule has 0 heterocycles. The molecule has 110 valence electrons. The Morgan fingerprint density at radius 2 is 1.80 bits per heavy atom. The standard InChI is InChI=1S/C19H29N/c1-14(2)12-20-13-19(10-17-8-18(17)11-19)9-16-6-4-15(3)5-7-16/h4-7,14,17-18,20H,8-13H2,1-3H3. The van der Waals surface area contributed by atoms with Crippen LogP contribution in [0.2, 0.25) is 0 Å². The third kappa shape index (κ3) is 3.25. The van der Waals surface area contributed by atoms with Crippen LogP contribution in [0, 0.1) is 30.1 Å². The zero-order valence-corrected chi connectivity index (χ0v) is 13.3. The van der Waals surface area contributed by atoms with E-state index >= 15 is 0 Å². The van der Waals surface area contributed by atoms with Crippen LogP contribution in [0.5, 0.6) is 0 Å². The third-order valence-electron chi connectivity index (χ3n) is 5.21. The monoisotopic (exact) mass is 271 g/mol. The van der Waals surface area contributed by atoms with E-state index in [1.165, 1.54) is 43.4 Å². The van der Waals surface area contributed by atoms with Crippen molar-refractivity contribution in [3.63, 3.8) is 0 Å². The second-order valence-corrected chi connectivity index (χ2v) is 7.85. The molecule has 1 N–H and O–H groups in total. The summed E-state index contributed by atoms with van der Waals surface area (Å²) in [6.07, 6.45) is 5.69. The lowest BCUT2D eigenvalue weighted by Crippen LogP contribution is -2.36. The van der Waals surface area contributed by atoms with Crippen LogP contribution in [0.1, 0.15) is 44.2 Å². The number of benzene rings is 1. The highest BCUT2D eigenvalue weighted by Crippen LogP contribution is 2.60. The average Bonchev–Trinajstić information content (AvgIpc) is 3.00. The van der Waals surface area contributed by atoms with Crippen LogP contribution in [0.25, 0.3) is 0 Å². The van der Waals surface area contributed by atoms with Crippen molar-refractivity contribution in [3.8, 4) is 0 Å². The molecule has 2 aliphatic carbocycles. The lowest BCUT2D eigenvalue weighted by molar-refractivity contribution is 0.245. The Labute approximate surface area is 124 Å². The smallest absolute Gasteiger partial charge is 0.00113 e. The maximum Gasteiger partial charge on any atom is 0.00113 e. The van der Waals surface area contributed by atoms with Gasteiger partial charge in [0.2, 0.25) is 0 Å². The second kappa shape index (κ2) is 5.52. The minimum absolute atomic E-state index is 0.539. The Balaban J connectivity index is 1.65. The van der Waals surface area contributed by atoms with Gasteiger partial charge in [0.15, 0.2) is 0 Å². The van der Waals surface area contributed by atoms with Gasteiger partial charge in [0.25, 0.3) is 0 Å². The van der Waals surface area contributed by atoms with Gasteiger partial charge in [-0.3, -0.25) is 0 Å². The van der Waals surface area contributed by atoms with E-state index in [2.05, 4.69) is 50.4 Å². The van der Waals surface area contributed by atoms with Crippen LogP contribution in [0.3, 0.4) is 0 Å². The van der Waals surface area contributed by atoms with Crippen LogP contribution >= 0.6 is 0 Å². The van der Waals surface area contributed by atoms with Crippen molar-refractivity contribution in [2.24, 2.45) is 23.2 Å². The van der Waals surface area contributed by atoms with Crippen molar-refractivity contribution in [1.29, 1.82) is 0 Å². The average molecular weight is 271 g/mol. The van der Waals surface area contributed by atoms with Gasteiger partial charge in [-0.1, -0.05) is 43.7 Å². The van der Waals surface area contributed by atoms with Crippen LogP contribution in [0.15, 0.2) is 24.3 Å². The minimum atomic E-state index is 0.539. The van der Waals surface area contributed by atoms with Crippen LogP contribution in [-0.4, -0.2) is 13.1 Å². The summed E-state index contributed by atoms with van der Waals surface area (Å²) in [5.74, 6) is 2.87. The van der Waals surface area contributed by atoms with Crippen molar-refractivity contribution in [2.45, 2.75) is 46.5 Å². The summed E-state index contributed by atoms with van der Waals surface area (Å²) < 4.78 is 0. The first-order valence-corrected chi connectivity index (χ1v) is 8.33. The molecule has 1 aromatic rings. The Morgan fingerprint density at radius 3 is 2.40 bits per heavy atom.